The van der Waals surface area contributed by atoms with E-state index in [1.54, 1.807) is 12.1 Å². The van der Waals surface area contributed by atoms with Crippen molar-refractivity contribution in [3.63, 3.8) is 0 Å². The summed E-state index contributed by atoms with van der Waals surface area (Å²) < 4.78 is 43.2. The minimum absolute atomic E-state index is 0.507. The van der Waals surface area contributed by atoms with E-state index >= 15 is 0 Å². The van der Waals surface area contributed by atoms with Crippen LogP contribution in [-0.2, 0) is 6.18 Å². The molecule has 0 aliphatic heterocycles. The summed E-state index contributed by atoms with van der Waals surface area (Å²) in [6.45, 7) is 2.84. The average Bonchev–Trinajstić information content (AvgIpc) is 2.55. The molecule has 1 heterocycles. The molecule has 0 saturated carbocycles. The number of nitrogens with zero attached hydrogens (tertiary/aromatic N) is 1. The van der Waals surface area contributed by atoms with Gasteiger partial charge in [0.25, 0.3) is 0 Å². The van der Waals surface area contributed by atoms with Crippen LogP contribution >= 0.6 is 0 Å². The molecule has 0 bridgehead atoms. The van der Waals surface area contributed by atoms with Crippen LogP contribution in [0, 0.1) is 0 Å². The Bertz CT molecular complexity index is 591. The van der Waals surface area contributed by atoms with E-state index in [-0.39, 0.29) is 0 Å². The van der Waals surface area contributed by atoms with Gasteiger partial charge in [-0.15, -0.1) is 0 Å². The van der Waals surface area contributed by atoms with Gasteiger partial charge in [-0.3, -0.25) is 4.98 Å². The van der Waals surface area contributed by atoms with Gasteiger partial charge >= 0.3 is 6.18 Å². The number of ether oxygens (including phenoxy) is 1. The van der Waals surface area contributed by atoms with E-state index in [9.17, 15) is 13.2 Å². The van der Waals surface area contributed by atoms with Gasteiger partial charge in [-0.2, -0.15) is 13.2 Å². The van der Waals surface area contributed by atoms with Gasteiger partial charge in [0, 0.05) is 11.8 Å². The predicted octanol–water partition coefficient (Wildman–Crippen LogP) is 5.73. The Morgan fingerprint density at radius 1 is 0.957 bits per heavy atom. The number of rotatable bonds is 7. The fourth-order valence-corrected chi connectivity index (χ4v) is 2.17. The third-order valence-electron chi connectivity index (χ3n) is 3.51. The minimum Gasteiger partial charge on any atom is -0.494 e. The number of pyridine rings is 1. The van der Waals surface area contributed by atoms with E-state index < -0.39 is 11.7 Å². The summed E-state index contributed by atoms with van der Waals surface area (Å²) in [4.78, 5) is 3.88. The van der Waals surface area contributed by atoms with Crippen LogP contribution in [0.15, 0.2) is 42.6 Å². The van der Waals surface area contributed by atoms with E-state index in [4.69, 9.17) is 4.74 Å². The first-order chi connectivity index (χ1) is 11.0. The van der Waals surface area contributed by atoms with Crippen LogP contribution in [0.5, 0.6) is 5.75 Å². The van der Waals surface area contributed by atoms with Crippen molar-refractivity contribution < 1.29 is 17.9 Å². The molecule has 1 aromatic heterocycles. The summed E-state index contributed by atoms with van der Waals surface area (Å²) in [5.41, 5.74) is 0.526. The third-order valence-corrected chi connectivity index (χ3v) is 3.51. The van der Waals surface area contributed by atoms with Crippen LogP contribution in [0.3, 0.4) is 0 Å². The standard InChI is InChI=1S/C18H20F3NO/c1-2-3-4-5-12-23-16-9-6-14(7-10-16)17-11-8-15(13-22-17)18(19,20)21/h6-11,13H,2-5,12H2,1H3. The number of unbranched alkanes of at least 4 members (excludes halogenated alkanes) is 3. The van der Waals surface area contributed by atoms with Gasteiger partial charge in [0.2, 0.25) is 0 Å². The number of benzene rings is 1. The molecule has 2 rings (SSSR count). The monoisotopic (exact) mass is 323 g/mol. The Labute approximate surface area is 134 Å². The molecule has 0 aliphatic rings. The Morgan fingerprint density at radius 3 is 2.26 bits per heavy atom. The molecular formula is C18H20F3NO. The van der Waals surface area contributed by atoms with Crippen LogP contribution in [0.1, 0.15) is 38.2 Å². The SMILES string of the molecule is CCCCCCOc1ccc(-c2ccc(C(F)(F)F)cn2)cc1. The molecule has 0 unspecified atom stereocenters. The van der Waals surface area contributed by atoms with Gasteiger partial charge in [0.15, 0.2) is 0 Å². The molecule has 0 N–H and O–H groups in total. The average molecular weight is 323 g/mol. The zero-order chi connectivity index (χ0) is 16.7. The Hall–Kier alpha value is -2.04. The second-order valence-corrected chi connectivity index (χ2v) is 5.36. The maximum Gasteiger partial charge on any atom is 0.417 e. The highest BCUT2D eigenvalue weighted by molar-refractivity contribution is 5.60. The zero-order valence-electron chi connectivity index (χ0n) is 13.1. The second kappa shape index (κ2) is 7.99. The van der Waals surface area contributed by atoms with E-state index in [1.807, 2.05) is 12.1 Å². The van der Waals surface area contributed by atoms with Gasteiger partial charge in [-0.25, -0.2) is 0 Å². The van der Waals surface area contributed by atoms with Crippen molar-refractivity contribution in [1.29, 1.82) is 0 Å². The highest BCUT2D eigenvalue weighted by atomic mass is 19.4. The van der Waals surface area contributed by atoms with E-state index in [0.29, 0.717) is 12.3 Å². The number of alkyl halides is 3. The smallest absolute Gasteiger partial charge is 0.417 e. The molecule has 0 radical (unpaired) electrons. The molecule has 2 nitrogen and oxygen atoms in total. The third kappa shape index (κ3) is 5.27. The van der Waals surface area contributed by atoms with Crippen LogP contribution in [0.2, 0.25) is 0 Å². The second-order valence-electron chi connectivity index (χ2n) is 5.36. The van der Waals surface area contributed by atoms with Crippen LogP contribution < -0.4 is 4.74 Å². The van der Waals surface area contributed by atoms with Gasteiger partial charge < -0.3 is 4.74 Å². The Balaban J connectivity index is 1.94. The van der Waals surface area contributed by atoms with Gasteiger partial charge in [0.05, 0.1) is 17.9 Å². The first kappa shape index (κ1) is 17.3. The predicted molar refractivity (Wildman–Crippen MR) is 84.3 cm³/mol. The molecule has 0 fully saturated rings. The van der Waals surface area contributed by atoms with Crippen LogP contribution in [-0.4, -0.2) is 11.6 Å². The van der Waals surface area contributed by atoms with E-state index in [1.165, 1.54) is 18.9 Å². The van der Waals surface area contributed by atoms with Gasteiger partial charge in [-0.05, 0) is 42.8 Å². The van der Waals surface area contributed by atoms with Crippen LogP contribution in [0.4, 0.5) is 13.2 Å². The molecule has 5 heteroatoms. The van der Waals surface area contributed by atoms with Crippen molar-refractivity contribution in [2.75, 3.05) is 6.61 Å². The van der Waals surface area contributed by atoms with Crippen molar-refractivity contribution >= 4 is 0 Å². The summed E-state index contributed by atoms with van der Waals surface area (Å²) >= 11 is 0. The van der Waals surface area contributed by atoms with E-state index in [0.717, 1.165) is 36.4 Å². The quantitative estimate of drug-likeness (QED) is 0.607. The molecule has 124 valence electrons. The van der Waals surface area contributed by atoms with Gasteiger partial charge in [0.1, 0.15) is 5.75 Å². The van der Waals surface area contributed by atoms with Crippen molar-refractivity contribution in [3.8, 4) is 17.0 Å². The maximum absolute atomic E-state index is 12.5. The lowest BCUT2D eigenvalue weighted by Gasteiger charge is -2.08. The summed E-state index contributed by atoms with van der Waals surface area (Å²) in [6, 6.07) is 9.65. The molecule has 0 aliphatic carbocycles. The fraction of sp³-hybridized carbons (Fsp3) is 0.389. The lowest BCUT2D eigenvalue weighted by Crippen LogP contribution is -2.05. The summed E-state index contributed by atoms with van der Waals surface area (Å²) in [5.74, 6) is 0.761. The molecule has 23 heavy (non-hydrogen) atoms. The van der Waals surface area contributed by atoms with Crippen molar-refractivity contribution in [3.05, 3.63) is 48.2 Å². The lowest BCUT2D eigenvalue weighted by molar-refractivity contribution is -0.137. The Morgan fingerprint density at radius 2 is 1.70 bits per heavy atom. The highest BCUT2D eigenvalue weighted by Crippen LogP contribution is 2.30. The number of hydrogen-bond donors (Lipinski definition) is 0. The summed E-state index contributed by atoms with van der Waals surface area (Å²) in [6.07, 6.45) is 1.07. The van der Waals surface area contributed by atoms with Crippen LogP contribution in [0.25, 0.3) is 11.3 Å². The maximum atomic E-state index is 12.5. The van der Waals surface area contributed by atoms with Crippen molar-refractivity contribution in [1.82, 2.24) is 4.98 Å². The first-order valence-electron chi connectivity index (χ1n) is 7.77. The zero-order valence-corrected chi connectivity index (χ0v) is 13.1. The lowest BCUT2D eigenvalue weighted by atomic mass is 10.1. The molecule has 0 amide bonds. The largest absolute Gasteiger partial charge is 0.494 e. The minimum atomic E-state index is -4.36. The Kier molecular flexibility index (Phi) is 6.02. The summed E-state index contributed by atoms with van der Waals surface area (Å²) in [5, 5.41) is 0. The molecule has 1 aromatic carbocycles. The molecular weight excluding hydrogens is 303 g/mol. The number of hydrogen-bond acceptors (Lipinski definition) is 2. The van der Waals surface area contributed by atoms with Gasteiger partial charge in [-0.1, -0.05) is 26.2 Å². The van der Waals surface area contributed by atoms with E-state index in [2.05, 4.69) is 11.9 Å². The molecule has 0 saturated heterocycles. The highest BCUT2D eigenvalue weighted by Gasteiger charge is 2.30. The van der Waals surface area contributed by atoms with Crippen molar-refractivity contribution in [2.24, 2.45) is 0 Å². The molecule has 0 spiro atoms. The topological polar surface area (TPSA) is 22.1 Å². The van der Waals surface area contributed by atoms with Crippen molar-refractivity contribution in [2.45, 2.75) is 38.8 Å². The molecule has 2 aromatic rings. The first-order valence-corrected chi connectivity index (χ1v) is 7.77. The number of halogens is 3. The normalized spacial score (nSPS) is 11.5. The fourth-order valence-electron chi connectivity index (χ4n) is 2.17. The summed E-state index contributed by atoms with van der Waals surface area (Å²) in [7, 11) is 0. The molecule has 0 atom stereocenters. The number of aromatic nitrogens is 1.